The van der Waals surface area contributed by atoms with Crippen LogP contribution in [0.15, 0.2) is 54.1 Å². The van der Waals surface area contributed by atoms with E-state index < -0.39 is 17.8 Å². The smallest absolute Gasteiger partial charge is 0.335 e. The molecule has 1 fully saturated rings. The normalized spacial score (nSPS) is 15.1. The first-order valence-electron chi connectivity index (χ1n) is 8.25. The van der Waals surface area contributed by atoms with E-state index in [0.717, 1.165) is 4.90 Å². The fourth-order valence-corrected chi connectivity index (χ4v) is 2.89. The summed E-state index contributed by atoms with van der Waals surface area (Å²) >= 11 is 5.10. The highest BCUT2D eigenvalue weighted by Gasteiger charge is 2.34. The number of hydrogen-bond donors (Lipinski definition) is 2. The van der Waals surface area contributed by atoms with Crippen LogP contribution in [0.25, 0.3) is 6.08 Å². The lowest BCUT2D eigenvalue weighted by atomic mass is 10.1. The number of ether oxygens (including phenoxy) is 1. The minimum absolute atomic E-state index is 0.0199. The van der Waals surface area contributed by atoms with Gasteiger partial charge in [-0.15, -0.1) is 0 Å². The van der Waals surface area contributed by atoms with Crippen LogP contribution in [0.4, 0.5) is 5.69 Å². The maximum Gasteiger partial charge on any atom is 0.335 e. The SMILES string of the molecule is N#CCOc1ccc(C=C2C(=O)NC(=S)N(c3cccc(C(=O)O)c3)C2=O)cc1. The second-order valence-electron chi connectivity index (χ2n) is 5.83. The molecule has 1 aliphatic heterocycles. The molecule has 2 N–H and O–H groups in total. The first-order valence-corrected chi connectivity index (χ1v) is 8.66. The van der Waals surface area contributed by atoms with Gasteiger partial charge in [-0.2, -0.15) is 5.26 Å². The molecule has 1 aliphatic rings. The van der Waals surface area contributed by atoms with E-state index in [-0.39, 0.29) is 28.5 Å². The molecule has 2 amide bonds. The molecule has 1 heterocycles. The fraction of sp³-hybridized carbons (Fsp3) is 0.0500. The van der Waals surface area contributed by atoms with Gasteiger partial charge in [-0.25, -0.2) is 4.79 Å². The summed E-state index contributed by atoms with van der Waals surface area (Å²) < 4.78 is 5.16. The Balaban J connectivity index is 1.93. The zero-order valence-electron chi connectivity index (χ0n) is 14.8. The van der Waals surface area contributed by atoms with Crippen LogP contribution in [-0.2, 0) is 9.59 Å². The predicted octanol–water partition coefficient (Wildman–Crippen LogP) is 2.12. The third-order valence-corrected chi connectivity index (χ3v) is 4.23. The Morgan fingerprint density at radius 3 is 2.62 bits per heavy atom. The van der Waals surface area contributed by atoms with E-state index in [2.05, 4.69) is 5.32 Å². The van der Waals surface area contributed by atoms with E-state index in [0.29, 0.717) is 11.3 Å². The highest BCUT2D eigenvalue weighted by molar-refractivity contribution is 7.80. The van der Waals surface area contributed by atoms with Gasteiger partial charge in [0, 0.05) is 0 Å². The molecule has 0 unspecified atom stereocenters. The molecule has 144 valence electrons. The van der Waals surface area contributed by atoms with Crippen molar-refractivity contribution < 1.29 is 24.2 Å². The summed E-state index contributed by atoms with van der Waals surface area (Å²) in [5.74, 6) is -2.01. The van der Waals surface area contributed by atoms with Crippen molar-refractivity contribution in [1.29, 1.82) is 5.26 Å². The number of carboxylic acid groups (broad SMARTS) is 1. The number of nitriles is 1. The molecule has 1 saturated heterocycles. The van der Waals surface area contributed by atoms with Gasteiger partial charge in [-0.3, -0.25) is 19.8 Å². The second kappa shape index (κ2) is 8.33. The van der Waals surface area contributed by atoms with Crippen molar-refractivity contribution >= 4 is 46.9 Å². The lowest BCUT2D eigenvalue weighted by molar-refractivity contribution is -0.122. The molecule has 0 saturated carbocycles. The summed E-state index contributed by atoms with van der Waals surface area (Å²) in [5, 5.41) is 20.0. The Morgan fingerprint density at radius 2 is 1.97 bits per heavy atom. The van der Waals surface area contributed by atoms with Crippen LogP contribution in [0.2, 0.25) is 0 Å². The molecule has 8 nitrogen and oxygen atoms in total. The van der Waals surface area contributed by atoms with Gasteiger partial charge >= 0.3 is 5.97 Å². The highest BCUT2D eigenvalue weighted by Crippen LogP contribution is 2.23. The van der Waals surface area contributed by atoms with Gasteiger partial charge in [0.2, 0.25) is 0 Å². The lowest BCUT2D eigenvalue weighted by Gasteiger charge is -2.29. The molecular weight excluding hydrogens is 394 g/mol. The summed E-state index contributed by atoms with van der Waals surface area (Å²) in [6.45, 7) is -0.0941. The van der Waals surface area contributed by atoms with Crippen molar-refractivity contribution in [2.24, 2.45) is 0 Å². The van der Waals surface area contributed by atoms with Crippen molar-refractivity contribution in [2.75, 3.05) is 11.5 Å². The number of nitrogens with one attached hydrogen (secondary N) is 1. The summed E-state index contributed by atoms with van der Waals surface area (Å²) in [5.41, 5.74) is 0.601. The zero-order chi connectivity index (χ0) is 21.0. The van der Waals surface area contributed by atoms with Gasteiger partial charge < -0.3 is 9.84 Å². The number of anilines is 1. The maximum atomic E-state index is 12.9. The molecule has 3 rings (SSSR count). The molecule has 0 bridgehead atoms. The van der Waals surface area contributed by atoms with Crippen LogP contribution in [0, 0.1) is 11.3 Å². The van der Waals surface area contributed by atoms with Gasteiger partial charge in [-0.1, -0.05) is 18.2 Å². The number of carbonyl (C=O) groups excluding carboxylic acids is 2. The quantitative estimate of drug-likeness (QED) is 0.442. The summed E-state index contributed by atoms with van der Waals surface area (Å²) in [4.78, 5) is 37.5. The Morgan fingerprint density at radius 1 is 1.24 bits per heavy atom. The molecule has 9 heteroatoms. The van der Waals surface area contributed by atoms with Crippen molar-refractivity contribution in [3.05, 3.63) is 65.2 Å². The van der Waals surface area contributed by atoms with E-state index in [1.165, 1.54) is 30.3 Å². The van der Waals surface area contributed by atoms with Crippen LogP contribution >= 0.6 is 12.2 Å². The summed E-state index contributed by atoms with van der Waals surface area (Å²) in [6.07, 6.45) is 1.39. The maximum absolute atomic E-state index is 12.9. The number of hydrogen-bond acceptors (Lipinski definition) is 6. The van der Waals surface area contributed by atoms with Crippen molar-refractivity contribution in [3.63, 3.8) is 0 Å². The average molecular weight is 407 g/mol. The Bertz CT molecular complexity index is 1090. The van der Waals surface area contributed by atoms with E-state index in [9.17, 15) is 14.4 Å². The number of benzene rings is 2. The summed E-state index contributed by atoms with van der Waals surface area (Å²) in [6, 6.07) is 14.0. The van der Waals surface area contributed by atoms with E-state index in [4.69, 9.17) is 27.3 Å². The number of thiocarbonyl (C=S) groups is 1. The molecule has 29 heavy (non-hydrogen) atoms. The van der Waals surface area contributed by atoms with Crippen LogP contribution in [0.3, 0.4) is 0 Å². The number of amides is 2. The Hall–Kier alpha value is -4.03. The monoisotopic (exact) mass is 407 g/mol. The largest absolute Gasteiger partial charge is 0.479 e. The van der Waals surface area contributed by atoms with Crippen LogP contribution < -0.4 is 15.0 Å². The number of carboxylic acids is 1. The first kappa shape index (κ1) is 19.7. The van der Waals surface area contributed by atoms with Crippen LogP contribution in [0.1, 0.15) is 15.9 Å². The van der Waals surface area contributed by atoms with Crippen molar-refractivity contribution in [1.82, 2.24) is 5.32 Å². The molecule has 2 aromatic carbocycles. The number of nitrogens with zero attached hydrogens (tertiary/aromatic N) is 2. The topological polar surface area (TPSA) is 120 Å². The number of carbonyl (C=O) groups is 3. The minimum Gasteiger partial charge on any atom is -0.479 e. The zero-order valence-corrected chi connectivity index (χ0v) is 15.6. The molecule has 0 spiro atoms. The molecule has 2 aromatic rings. The van der Waals surface area contributed by atoms with Crippen LogP contribution in [0.5, 0.6) is 5.75 Å². The molecule has 0 atom stereocenters. The number of rotatable bonds is 5. The van der Waals surface area contributed by atoms with Gasteiger partial charge in [0.05, 0.1) is 11.3 Å². The third kappa shape index (κ3) is 4.28. The minimum atomic E-state index is -1.15. The van der Waals surface area contributed by atoms with E-state index in [1.54, 1.807) is 24.3 Å². The molecule has 0 radical (unpaired) electrons. The van der Waals surface area contributed by atoms with E-state index >= 15 is 0 Å². The van der Waals surface area contributed by atoms with E-state index in [1.807, 2.05) is 6.07 Å². The third-order valence-electron chi connectivity index (χ3n) is 3.95. The van der Waals surface area contributed by atoms with Gasteiger partial charge in [0.1, 0.15) is 17.4 Å². The number of aromatic carboxylic acids is 1. The highest BCUT2D eigenvalue weighted by atomic mass is 32.1. The predicted molar refractivity (Wildman–Crippen MR) is 107 cm³/mol. The molecule has 0 aliphatic carbocycles. The standard InChI is InChI=1S/C20H13N3O5S/c21-8-9-28-15-6-4-12(5-7-15)10-16-17(24)22-20(29)23(18(16)25)14-3-1-2-13(11-14)19(26)27/h1-7,10-11H,9H2,(H,26,27)(H,22,24,29). The van der Waals surface area contributed by atoms with Crippen LogP contribution in [-0.4, -0.2) is 34.6 Å². The second-order valence-corrected chi connectivity index (χ2v) is 6.22. The lowest BCUT2D eigenvalue weighted by Crippen LogP contribution is -2.54. The fourth-order valence-electron chi connectivity index (χ4n) is 2.61. The van der Waals surface area contributed by atoms with Gasteiger partial charge in [0.25, 0.3) is 11.8 Å². The van der Waals surface area contributed by atoms with Crippen molar-refractivity contribution in [2.45, 2.75) is 0 Å². The Labute approximate surface area is 170 Å². The summed E-state index contributed by atoms with van der Waals surface area (Å²) in [7, 11) is 0. The molecular formula is C20H13N3O5S. The average Bonchev–Trinajstić information content (AvgIpc) is 2.70. The molecule has 0 aromatic heterocycles. The Kier molecular flexibility index (Phi) is 5.66. The first-order chi connectivity index (χ1) is 13.9. The van der Waals surface area contributed by atoms with Gasteiger partial charge in [-0.05, 0) is 54.2 Å². The van der Waals surface area contributed by atoms with Gasteiger partial charge in [0.15, 0.2) is 11.7 Å². The van der Waals surface area contributed by atoms with Crippen molar-refractivity contribution in [3.8, 4) is 11.8 Å².